The summed E-state index contributed by atoms with van der Waals surface area (Å²) < 4.78 is 0.977. The van der Waals surface area contributed by atoms with Crippen molar-refractivity contribution in [3.63, 3.8) is 0 Å². The van der Waals surface area contributed by atoms with Gasteiger partial charge in [0.05, 0.1) is 20.9 Å². The molecule has 2 heterocycles. The highest BCUT2D eigenvalue weighted by molar-refractivity contribution is 7.23. The molecular weight excluding hydrogens is 194 g/mol. The lowest BCUT2D eigenvalue weighted by molar-refractivity contribution is 1.43. The Morgan fingerprint density at radius 2 is 2.08 bits per heavy atom. The molecule has 0 unspecified atom stereocenters. The molecule has 5 heteroatoms. The fourth-order valence-electron chi connectivity index (χ4n) is 0.976. The average molecular weight is 202 g/mol. The lowest BCUT2D eigenvalue weighted by Crippen LogP contribution is -1.83. The zero-order chi connectivity index (χ0) is 7.84. The molecule has 4 N–H and O–H groups in total. The maximum absolute atomic E-state index is 5.68. The van der Waals surface area contributed by atoms with Crippen LogP contribution in [0.1, 0.15) is 0 Å². The molecule has 2 aromatic heterocycles. The average Bonchev–Trinajstić information content (AvgIpc) is 2.31. The molecule has 0 aliphatic rings. The Kier molecular flexibility index (Phi) is 2.40. The van der Waals surface area contributed by atoms with Gasteiger partial charge in [0.15, 0.2) is 0 Å². The second kappa shape index (κ2) is 3.16. The Bertz CT molecular complexity index is 398. The van der Waals surface area contributed by atoms with Crippen molar-refractivity contribution >= 4 is 44.6 Å². The molecule has 2 rings (SSSR count). The summed E-state index contributed by atoms with van der Waals surface area (Å²) in [7, 11) is 0. The van der Waals surface area contributed by atoms with Gasteiger partial charge in [0, 0.05) is 6.20 Å². The Hall–Kier alpha value is -1.00. The lowest BCUT2D eigenvalue weighted by Gasteiger charge is -1.91. The van der Waals surface area contributed by atoms with Gasteiger partial charge in [-0.25, -0.2) is 0 Å². The Morgan fingerprint density at radius 3 is 2.75 bits per heavy atom. The van der Waals surface area contributed by atoms with Crippen LogP contribution in [0.3, 0.4) is 0 Å². The van der Waals surface area contributed by atoms with Crippen LogP contribution in [0.2, 0.25) is 0 Å². The minimum atomic E-state index is 0. The number of hydrogen-bond donors (Lipinski definition) is 2. The number of hydrogen-bond acceptors (Lipinski definition) is 4. The van der Waals surface area contributed by atoms with E-state index in [0.717, 1.165) is 20.9 Å². The van der Waals surface area contributed by atoms with Crippen LogP contribution in [0, 0.1) is 0 Å². The summed E-state index contributed by atoms with van der Waals surface area (Å²) >= 11 is 1.47. The standard InChI is InChI=1S/C7H7N3S.ClH/c8-4-1-2-10-5-3-6(9)11-7(4)5;/h1-3H,9H2,(H2,8,10);1H. The molecule has 0 spiro atoms. The zero-order valence-corrected chi connectivity index (χ0v) is 7.78. The molecule has 0 aromatic carbocycles. The summed E-state index contributed by atoms with van der Waals surface area (Å²) in [5.41, 5.74) is 12.9. The van der Waals surface area contributed by atoms with Crippen molar-refractivity contribution in [1.82, 2.24) is 4.98 Å². The van der Waals surface area contributed by atoms with Gasteiger partial charge < -0.3 is 11.5 Å². The van der Waals surface area contributed by atoms with E-state index in [1.54, 1.807) is 12.3 Å². The maximum atomic E-state index is 5.68. The van der Waals surface area contributed by atoms with E-state index in [1.165, 1.54) is 11.3 Å². The second-order valence-corrected chi connectivity index (χ2v) is 3.35. The highest BCUT2D eigenvalue weighted by Gasteiger charge is 2.01. The molecule has 64 valence electrons. The fourth-order valence-corrected chi connectivity index (χ4v) is 1.78. The Labute approximate surface area is 79.8 Å². The van der Waals surface area contributed by atoms with Gasteiger partial charge in [-0.3, -0.25) is 4.98 Å². The van der Waals surface area contributed by atoms with Gasteiger partial charge in [0.1, 0.15) is 0 Å². The first-order chi connectivity index (χ1) is 5.27. The summed E-state index contributed by atoms with van der Waals surface area (Å²) in [6, 6.07) is 3.61. The van der Waals surface area contributed by atoms with E-state index in [-0.39, 0.29) is 12.4 Å². The van der Waals surface area contributed by atoms with Crippen molar-refractivity contribution in [3.8, 4) is 0 Å². The van der Waals surface area contributed by atoms with Gasteiger partial charge in [-0.2, -0.15) is 0 Å². The first-order valence-electron chi connectivity index (χ1n) is 3.17. The molecule has 2 aromatic rings. The van der Waals surface area contributed by atoms with Gasteiger partial charge in [0.25, 0.3) is 0 Å². The number of pyridine rings is 1. The van der Waals surface area contributed by atoms with E-state index in [9.17, 15) is 0 Å². The highest BCUT2D eigenvalue weighted by Crippen LogP contribution is 2.29. The monoisotopic (exact) mass is 201 g/mol. The molecule has 0 saturated heterocycles. The topological polar surface area (TPSA) is 64.9 Å². The van der Waals surface area contributed by atoms with Gasteiger partial charge >= 0.3 is 0 Å². The van der Waals surface area contributed by atoms with E-state index in [1.807, 2.05) is 6.07 Å². The van der Waals surface area contributed by atoms with Crippen LogP contribution in [0.5, 0.6) is 0 Å². The van der Waals surface area contributed by atoms with Crippen molar-refractivity contribution in [3.05, 3.63) is 18.3 Å². The molecule has 0 amide bonds. The Balaban J connectivity index is 0.000000720. The van der Waals surface area contributed by atoms with Crippen molar-refractivity contribution in [1.29, 1.82) is 0 Å². The summed E-state index contributed by atoms with van der Waals surface area (Å²) in [5, 5.41) is 0.755. The first-order valence-corrected chi connectivity index (χ1v) is 3.98. The number of aromatic nitrogens is 1. The van der Waals surface area contributed by atoms with Crippen LogP contribution >= 0.6 is 23.7 Å². The van der Waals surface area contributed by atoms with E-state index < -0.39 is 0 Å². The number of rotatable bonds is 0. The fraction of sp³-hybridized carbons (Fsp3) is 0. The zero-order valence-electron chi connectivity index (χ0n) is 6.15. The highest BCUT2D eigenvalue weighted by atomic mass is 35.5. The van der Waals surface area contributed by atoms with Crippen molar-refractivity contribution in [2.24, 2.45) is 0 Å². The molecule has 0 fully saturated rings. The third kappa shape index (κ3) is 1.31. The van der Waals surface area contributed by atoms with Crippen LogP contribution < -0.4 is 11.5 Å². The van der Waals surface area contributed by atoms with Crippen molar-refractivity contribution in [2.45, 2.75) is 0 Å². The third-order valence-electron chi connectivity index (χ3n) is 1.46. The quantitative estimate of drug-likeness (QED) is 0.684. The number of nitrogen functional groups attached to an aromatic ring is 2. The molecular formula is C7H8ClN3S. The van der Waals surface area contributed by atoms with Gasteiger partial charge in [-0.15, -0.1) is 23.7 Å². The molecule has 3 nitrogen and oxygen atoms in total. The predicted molar refractivity (Wildman–Crippen MR) is 55.7 cm³/mol. The number of nitrogens with zero attached hydrogens (tertiary/aromatic N) is 1. The summed E-state index contributed by atoms with van der Waals surface area (Å²) in [4.78, 5) is 4.11. The van der Waals surface area contributed by atoms with Crippen LogP contribution in [0.15, 0.2) is 18.3 Å². The minimum absolute atomic E-state index is 0. The van der Waals surface area contributed by atoms with E-state index in [4.69, 9.17) is 11.5 Å². The second-order valence-electron chi connectivity index (χ2n) is 2.26. The number of halogens is 1. The van der Waals surface area contributed by atoms with Crippen molar-refractivity contribution in [2.75, 3.05) is 11.5 Å². The normalized spacial score (nSPS) is 9.67. The summed E-state index contributed by atoms with van der Waals surface area (Å²) in [6.45, 7) is 0. The lowest BCUT2D eigenvalue weighted by atomic mass is 10.3. The number of thiophene rings is 1. The molecule has 12 heavy (non-hydrogen) atoms. The van der Waals surface area contributed by atoms with Gasteiger partial charge in [-0.05, 0) is 12.1 Å². The smallest absolute Gasteiger partial charge is 0.0885 e. The molecule has 0 aliphatic heterocycles. The third-order valence-corrected chi connectivity index (χ3v) is 2.46. The van der Waals surface area contributed by atoms with Crippen LogP contribution in [0.4, 0.5) is 10.7 Å². The number of nitrogens with two attached hydrogens (primary N) is 2. The molecule has 0 aliphatic carbocycles. The number of fused-ring (bicyclic) bond motifs is 1. The molecule has 0 bridgehead atoms. The van der Waals surface area contributed by atoms with E-state index in [2.05, 4.69) is 4.98 Å². The Morgan fingerprint density at radius 1 is 1.33 bits per heavy atom. The van der Waals surface area contributed by atoms with E-state index >= 15 is 0 Å². The molecule has 0 saturated carbocycles. The predicted octanol–water partition coefficient (Wildman–Crippen LogP) is 1.88. The van der Waals surface area contributed by atoms with Crippen LogP contribution in [-0.2, 0) is 0 Å². The van der Waals surface area contributed by atoms with Gasteiger partial charge in [-0.1, -0.05) is 0 Å². The van der Waals surface area contributed by atoms with E-state index in [0.29, 0.717) is 0 Å². The maximum Gasteiger partial charge on any atom is 0.0885 e. The summed E-state index contributed by atoms with van der Waals surface area (Å²) in [6.07, 6.45) is 1.68. The van der Waals surface area contributed by atoms with Gasteiger partial charge in [0.2, 0.25) is 0 Å². The summed E-state index contributed by atoms with van der Waals surface area (Å²) in [5.74, 6) is 0. The largest absolute Gasteiger partial charge is 0.397 e. The molecule has 0 atom stereocenters. The SMILES string of the molecule is Cl.Nc1cc2nccc(N)c2s1. The first kappa shape index (κ1) is 9.09. The van der Waals surface area contributed by atoms with Crippen LogP contribution in [-0.4, -0.2) is 4.98 Å². The minimum Gasteiger partial charge on any atom is -0.397 e. The van der Waals surface area contributed by atoms with Crippen LogP contribution in [0.25, 0.3) is 10.2 Å². The number of anilines is 2. The van der Waals surface area contributed by atoms with Crippen molar-refractivity contribution < 1.29 is 0 Å². The molecule has 0 radical (unpaired) electrons.